The molecule has 0 fully saturated rings. The minimum atomic E-state index is 0.733. The van der Waals surface area contributed by atoms with Crippen molar-refractivity contribution in [3.8, 4) is 0 Å². The summed E-state index contributed by atoms with van der Waals surface area (Å²) in [5.74, 6) is 3.28. The summed E-state index contributed by atoms with van der Waals surface area (Å²) < 4.78 is 0. The van der Waals surface area contributed by atoms with E-state index in [4.69, 9.17) is 0 Å². The third kappa shape index (κ3) is 5.18. The van der Waals surface area contributed by atoms with Crippen molar-refractivity contribution in [1.29, 1.82) is 0 Å². The maximum absolute atomic E-state index is 2.42. The van der Waals surface area contributed by atoms with Gasteiger partial charge in [-0.3, -0.25) is 0 Å². The van der Waals surface area contributed by atoms with Gasteiger partial charge in [0.15, 0.2) is 0 Å². The highest BCUT2D eigenvalue weighted by atomic mass is 14.3. The van der Waals surface area contributed by atoms with Gasteiger partial charge < -0.3 is 0 Å². The van der Waals surface area contributed by atoms with Crippen molar-refractivity contribution in [2.45, 2.75) is 67.7 Å². The molecule has 4 unspecified atom stereocenters. The summed E-state index contributed by atoms with van der Waals surface area (Å²) in [5.41, 5.74) is 1.54. The van der Waals surface area contributed by atoms with Crippen molar-refractivity contribution in [1.82, 2.24) is 0 Å². The fourth-order valence-corrected chi connectivity index (χ4v) is 2.18. The van der Waals surface area contributed by atoms with Crippen molar-refractivity contribution in [2.24, 2.45) is 23.7 Å². The molecule has 0 aromatic rings. The molecule has 0 radical (unpaired) electrons. The smallest absolute Gasteiger partial charge is 0.0206 e. The maximum atomic E-state index is 2.42. The molecule has 0 heteroatoms. The molecule has 0 aliphatic carbocycles. The zero-order chi connectivity index (χ0) is 12.7. The largest absolute Gasteiger partial charge is 0.0885 e. The fourth-order valence-electron chi connectivity index (χ4n) is 2.18. The molecular formula is C16H32. The molecule has 0 aliphatic rings. The quantitative estimate of drug-likeness (QED) is 0.487. The first-order valence-electron chi connectivity index (χ1n) is 7.06. The standard InChI is InChI=1S/C16H32/c1-8-12(3)10-11-14(5)16(7)15(6)13(4)9-2/h9,12,14-16H,8,10-11H2,1-7H3. The van der Waals surface area contributed by atoms with Gasteiger partial charge >= 0.3 is 0 Å². The van der Waals surface area contributed by atoms with E-state index >= 15 is 0 Å². The zero-order valence-electron chi connectivity index (χ0n) is 12.5. The van der Waals surface area contributed by atoms with E-state index in [0.29, 0.717) is 0 Å². The second kappa shape index (κ2) is 7.92. The first-order valence-corrected chi connectivity index (χ1v) is 7.06. The Morgan fingerprint density at radius 2 is 1.62 bits per heavy atom. The van der Waals surface area contributed by atoms with Crippen LogP contribution in [0.15, 0.2) is 11.6 Å². The topological polar surface area (TPSA) is 0 Å². The Morgan fingerprint density at radius 1 is 1.06 bits per heavy atom. The lowest BCUT2D eigenvalue weighted by atomic mass is 9.78. The van der Waals surface area contributed by atoms with E-state index in [-0.39, 0.29) is 0 Å². The lowest BCUT2D eigenvalue weighted by Crippen LogP contribution is -2.18. The normalized spacial score (nSPS) is 20.3. The van der Waals surface area contributed by atoms with E-state index in [1.165, 1.54) is 19.3 Å². The summed E-state index contributed by atoms with van der Waals surface area (Å²) in [6, 6.07) is 0. The molecule has 0 nitrogen and oxygen atoms in total. The van der Waals surface area contributed by atoms with Crippen LogP contribution in [0.25, 0.3) is 0 Å². The minimum Gasteiger partial charge on any atom is -0.0885 e. The van der Waals surface area contributed by atoms with Crippen molar-refractivity contribution >= 4 is 0 Å². The van der Waals surface area contributed by atoms with Gasteiger partial charge in [0, 0.05) is 0 Å². The van der Waals surface area contributed by atoms with Crippen LogP contribution in [0.5, 0.6) is 0 Å². The number of allylic oxidation sites excluding steroid dienone is 2. The van der Waals surface area contributed by atoms with Gasteiger partial charge in [-0.15, -0.1) is 0 Å². The molecule has 0 aromatic carbocycles. The fraction of sp³-hybridized carbons (Fsp3) is 0.875. The molecule has 0 aromatic heterocycles. The third-order valence-corrected chi connectivity index (χ3v) is 4.67. The van der Waals surface area contributed by atoms with Gasteiger partial charge in [-0.05, 0) is 37.5 Å². The van der Waals surface area contributed by atoms with E-state index in [0.717, 1.165) is 23.7 Å². The van der Waals surface area contributed by atoms with Crippen molar-refractivity contribution in [3.05, 3.63) is 11.6 Å². The molecule has 0 bridgehead atoms. The Labute approximate surface area is 104 Å². The molecular weight excluding hydrogens is 192 g/mol. The number of rotatable bonds is 7. The van der Waals surface area contributed by atoms with E-state index in [9.17, 15) is 0 Å². The maximum Gasteiger partial charge on any atom is -0.0206 e. The van der Waals surface area contributed by atoms with Gasteiger partial charge in [-0.2, -0.15) is 0 Å². The summed E-state index contributed by atoms with van der Waals surface area (Å²) in [6.45, 7) is 16.3. The van der Waals surface area contributed by atoms with Gasteiger partial charge in [-0.25, -0.2) is 0 Å². The Bertz CT molecular complexity index is 202. The van der Waals surface area contributed by atoms with Crippen LogP contribution in [0.3, 0.4) is 0 Å². The summed E-state index contributed by atoms with van der Waals surface area (Å²) in [6.07, 6.45) is 6.37. The number of hydrogen-bond acceptors (Lipinski definition) is 0. The van der Waals surface area contributed by atoms with Crippen LogP contribution in [0.2, 0.25) is 0 Å². The Morgan fingerprint density at radius 3 is 2.06 bits per heavy atom. The SMILES string of the molecule is CC=C(C)C(C)C(C)C(C)CCC(C)CC. The van der Waals surface area contributed by atoms with Gasteiger partial charge in [0.25, 0.3) is 0 Å². The van der Waals surface area contributed by atoms with Crippen molar-refractivity contribution in [3.63, 3.8) is 0 Å². The second-order valence-electron chi connectivity index (χ2n) is 5.75. The minimum absolute atomic E-state index is 0.733. The van der Waals surface area contributed by atoms with Crippen LogP contribution in [0, 0.1) is 23.7 Å². The van der Waals surface area contributed by atoms with Gasteiger partial charge in [0.1, 0.15) is 0 Å². The first-order chi connectivity index (χ1) is 7.43. The van der Waals surface area contributed by atoms with E-state index in [1.807, 2.05) is 0 Å². The summed E-state index contributed by atoms with van der Waals surface area (Å²) in [4.78, 5) is 0. The average molecular weight is 224 g/mol. The molecule has 16 heavy (non-hydrogen) atoms. The second-order valence-corrected chi connectivity index (χ2v) is 5.75. The molecule has 0 rings (SSSR count). The third-order valence-electron chi connectivity index (χ3n) is 4.67. The summed E-state index contributed by atoms with van der Waals surface area (Å²) in [5, 5.41) is 0. The molecule has 96 valence electrons. The monoisotopic (exact) mass is 224 g/mol. The van der Waals surface area contributed by atoms with Gasteiger partial charge in [-0.1, -0.05) is 65.5 Å². The van der Waals surface area contributed by atoms with Crippen LogP contribution in [0.1, 0.15) is 67.7 Å². The predicted molar refractivity (Wildman–Crippen MR) is 75.6 cm³/mol. The highest BCUT2D eigenvalue weighted by molar-refractivity contribution is 5.02. The van der Waals surface area contributed by atoms with E-state index in [1.54, 1.807) is 5.57 Å². The zero-order valence-corrected chi connectivity index (χ0v) is 12.5. The van der Waals surface area contributed by atoms with Gasteiger partial charge in [0.2, 0.25) is 0 Å². The highest BCUT2D eigenvalue weighted by Gasteiger charge is 2.20. The van der Waals surface area contributed by atoms with Crippen LogP contribution in [-0.4, -0.2) is 0 Å². The summed E-state index contributed by atoms with van der Waals surface area (Å²) in [7, 11) is 0. The molecule has 0 aliphatic heterocycles. The van der Waals surface area contributed by atoms with Gasteiger partial charge in [0.05, 0.1) is 0 Å². The Balaban J connectivity index is 4.12. The summed E-state index contributed by atoms with van der Waals surface area (Å²) >= 11 is 0. The predicted octanol–water partition coefficient (Wildman–Crippen LogP) is 5.69. The van der Waals surface area contributed by atoms with E-state index in [2.05, 4.69) is 54.5 Å². The first kappa shape index (κ1) is 15.7. The lowest BCUT2D eigenvalue weighted by Gasteiger charge is -2.27. The van der Waals surface area contributed by atoms with Crippen molar-refractivity contribution in [2.75, 3.05) is 0 Å². The number of hydrogen-bond donors (Lipinski definition) is 0. The highest BCUT2D eigenvalue weighted by Crippen LogP contribution is 2.30. The van der Waals surface area contributed by atoms with Crippen LogP contribution < -0.4 is 0 Å². The molecule has 0 N–H and O–H groups in total. The van der Waals surface area contributed by atoms with Crippen LogP contribution >= 0.6 is 0 Å². The van der Waals surface area contributed by atoms with Crippen LogP contribution in [-0.2, 0) is 0 Å². The molecule has 0 spiro atoms. The lowest BCUT2D eigenvalue weighted by molar-refractivity contribution is 0.274. The molecule has 0 heterocycles. The molecule has 0 saturated carbocycles. The Kier molecular flexibility index (Phi) is 7.80. The van der Waals surface area contributed by atoms with E-state index < -0.39 is 0 Å². The Hall–Kier alpha value is -0.260. The molecule has 0 amide bonds. The average Bonchev–Trinajstić information content (AvgIpc) is 2.32. The van der Waals surface area contributed by atoms with Crippen LogP contribution in [0.4, 0.5) is 0 Å². The molecule has 4 atom stereocenters. The van der Waals surface area contributed by atoms with Crippen molar-refractivity contribution < 1.29 is 0 Å². The molecule has 0 saturated heterocycles.